The zero-order valence-electron chi connectivity index (χ0n) is 9.43. The highest BCUT2D eigenvalue weighted by molar-refractivity contribution is 5.96. The fraction of sp³-hybridized carbons (Fsp3) is 0.600. The zero-order chi connectivity index (χ0) is 12.6. The van der Waals surface area contributed by atoms with E-state index in [0.29, 0.717) is 0 Å². The van der Waals surface area contributed by atoms with E-state index in [2.05, 4.69) is 10.6 Å². The molecule has 2 amide bonds. The molecule has 4 N–H and O–H groups in total. The molecule has 6 heteroatoms. The molecule has 0 heterocycles. The van der Waals surface area contributed by atoms with E-state index in [9.17, 15) is 9.59 Å². The van der Waals surface area contributed by atoms with E-state index in [1.807, 2.05) is 0 Å². The Kier molecular flexibility index (Phi) is 7.15. The van der Waals surface area contributed by atoms with Crippen LogP contribution in [0.25, 0.3) is 0 Å². The molecule has 0 aliphatic heterocycles. The molecule has 0 fully saturated rings. The van der Waals surface area contributed by atoms with Gasteiger partial charge in [-0.3, -0.25) is 9.59 Å². The largest absolute Gasteiger partial charge is 0.392 e. The molecular weight excluding hydrogens is 212 g/mol. The smallest absolute Gasteiger partial charge is 0.244 e. The lowest BCUT2D eigenvalue weighted by Crippen LogP contribution is -2.31. The highest BCUT2D eigenvalue weighted by Gasteiger charge is 2.01. The van der Waals surface area contributed by atoms with Gasteiger partial charge in [0, 0.05) is 25.2 Å². The van der Waals surface area contributed by atoms with E-state index in [4.69, 9.17) is 10.2 Å². The summed E-state index contributed by atoms with van der Waals surface area (Å²) in [4.78, 5) is 22.1. The summed E-state index contributed by atoms with van der Waals surface area (Å²) < 4.78 is 0. The Labute approximate surface area is 94.3 Å². The van der Waals surface area contributed by atoms with Crippen LogP contribution in [0, 0.1) is 0 Å². The van der Waals surface area contributed by atoms with Gasteiger partial charge in [0.15, 0.2) is 0 Å². The van der Waals surface area contributed by atoms with Crippen LogP contribution < -0.4 is 10.6 Å². The van der Waals surface area contributed by atoms with Crippen LogP contribution in [0.2, 0.25) is 0 Å². The van der Waals surface area contributed by atoms with Crippen LogP contribution in [0.5, 0.6) is 0 Å². The number of aliphatic hydroxyl groups is 2. The summed E-state index contributed by atoms with van der Waals surface area (Å²) in [5.74, 6) is -0.902. The van der Waals surface area contributed by atoms with E-state index in [1.165, 1.54) is 0 Å². The Balaban J connectivity index is 3.80. The predicted octanol–water partition coefficient (Wildman–Crippen LogP) is -1.46. The summed E-state index contributed by atoms with van der Waals surface area (Å²) in [6, 6.07) is 0. The third-order valence-corrected chi connectivity index (χ3v) is 1.53. The van der Waals surface area contributed by atoms with Crippen LogP contribution >= 0.6 is 0 Å². The highest BCUT2D eigenvalue weighted by atomic mass is 16.3. The lowest BCUT2D eigenvalue weighted by atomic mass is 10.3. The van der Waals surface area contributed by atoms with Gasteiger partial charge in [-0.25, -0.2) is 0 Å². The molecule has 0 aromatic heterocycles. The van der Waals surface area contributed by atoms with E-state index in [-0.39, 0.29) is 13.1 Å². The predicted molar refractivity (Wildman–Crippen MR) is 58.5 cm³/mol. The number of carbonyl (C=O) groups is 2. The van der Waals surface area contributed by atoms with Crippen LogP contribution in [-0.4, -0.2) is 47.3 Å². The van der Waals surface area contributed by atoms with Gasteiger partial charge in [0.25, 0.3) is 0 Å². The molecule has 0 rings (SSSR count). The number of nitrogens with one attached hydrogen (secondary N) is 2. The van der Waals surface area contributed by atoms with Gasteiger partial charge < -0.3 is 20.8 Å². The summed E-state index contributed by atoms with van der Waals surface area (Å²) in [6.45, 7) is 3.36. The molecule has 0 aromatic rings. The molecule has 6 nitrogen and oxygen atoms in total. The van der Waals surface area contributed by atoms with Gasteiger partial charge in [-0.15, -0.1) is 0 Å². The second kappa shape index (κ2) is 7.84. The van der Waals surface area contributed by atoms with Crippen molar-refractivity contribution in [3.63, 3.8) is 0 Å². The van der Waals surface area contributed by atoms with E-state index < -0.39 is 24.0 Å². The van der Waals surface area contributed by atoms with Crippen LogP contribution in [0.4, 0.5) is 0 Å². The van der Waals surface area contributed by atoms with Gasteiger partial charge in [0.2, 0.25) is 11.8 Å². The van der Waals surface area contributed by atoms with Crippen molar-refractivity contribution in [3.8, 4) is 0 Å². The maximum absolute atomic E-state index is 11.1. The quantitative estimate of drug-likeness (QED) is 0.419. The average molecular weight is 230 g/mol. The van der Waals surface area contributed by atoms with Crippen LogP contribution in [0.3, 0.4) is 0 Å². The van der Waals surface area contributed by atoms with Crippen LogP contribution in [0.1, 0.15) is 13.8 Å². The standard InChI is InChI=1S/C10H18N2O4/c1-7(13)5-11-9(15)3-4-10(16)12-6-8(2)14/h3-4,7-8,13-14H,5-6H2,1-2H3,(H,11,15)(H,12,16). The minimum atomic E-state index is -0.624. The Morgan fingerprint density at radius 2 is 1.31 bits per heavy atom. The van der Waals surface area contributed by atoms with Gasteiger partial charge in [-0.2, -0.15) is 0 Å². The first-order valence-corrected chi connectivity index (χ1v) is 5.01. The van der Waals surface area contributed by atoms with Gasteiger partial charge in [-0.05, 0) is 13.8 Å². The maximum Gasteiger partial charge on any atom is 0.244 e. The molecule has 0 saturated heterocycles. The first-order valence-electron chi connectivity index (χ1n) is 5.01. The lowest BCUT2D eigenvalue weighted by molar-refractivity contribution is -0.119. The Morgan fingerprint density at radius 1 is 1.00 bits per heavy atom. The van der Waals surface area contributed by atoms with Crippen molar-refractivity contribution in [1.82, 2.24) is 10.6 Å². The zero-order valence-corrected chi connectivity index (χ0v) is 9.43. The molecule has 2 atom stereocenters. The summed E-state index contributed by atoms with van der Waals surface area (Å²) in [5, 5.41) is 22.6. The van der Waals surface area contributed by atoms with Crippen molar-refractivity contribution < 1.29 is 19.8 Å². The Bertz CT molecular complexity index is 236. The first-order chi connectivity index (χ1) is 7.41. The molecule has 0 radical (unpaired) electrons. The average Bonchev–Trinajstić information content (AvgIpc) is 2.20. The summed E-state index contributed by atoms with van der Waals surface area (Å²) in [6.07, 6.45) is 0.891. The number of hydrogen-bond donors (Lipinski definition) is 4. The topological polar surface area (TPSA) is 98.7 Å². The molecular formula is C10H18N2O4. The molecule has 0 saturated carbocycles. The molecule has 0 spiro atoms. The van der Waals surface area contributed by atoms with Gasteiger partial charge in [-0.1, -0.05) is 0 Å². The van der Waals surface area contributed by atoms with Gasteiger partial charge >= 0.3 is 0 Å². The minimum Gasteiger partial charge on any atom is -0.392 e. The first kappa shape index (κ1) is 14.6. The Morgan fingerprint density at radius 3 is 1.56 bits per heavy atom. The third kappa shape index (κ3) is 9.17. The van der Waals surface area contributed by atoms with Crippen molar-refractivity contribution in [2.24, 2.45) is 0 Å². The SMILES string of the molecule is CC(O)CNC(=O)C=CC(=O)NCC(C)O. The molecule has 0 aliphatic carbocycles. The molecule has 92 valence electrons. The molecule has 2 unspecified atom stereocenters. The fourth-order valence-corrected chi connectivity index (χ4v) is 0.766. The lowest BCUT2D eigenvalue weighted by Gasteiger charge is -2.05. The van der Waals surface area contributed by atoms with Crippen molar-refractivity contribution in [1.29, 1.82) is 0 Å². The highest BCUT2D eigenvalue weighted by Crippen LogP contribution is 1.80. The Hall–Kier alpha value is -1.40. The van der Waals surface area contributed by atoms with Crippen molar-refractivity contribution in [2.45, 2.75) is 26.1 Å². The number of hydrogen-bond acceptors (Lipinski definition) is 4. The number of aliphatic hydroxyl groups excluding tert-OH is 2. The van der Waals surface area contributed by atoms with E-state index in [1.54, 1.807) is 13.8 Å². The third-order valence-electron chi connectivity index (χ3n) is 1.53. The van der Waals surface area contributed by atoms with Gasteiger partial charge in [0.1, 0.15) is 0 Å². The molecule has 16 heavy (non-hydrogen) atoms. The second-order valence-electron chi connectivity index (χ2n) is 3.52. The summed E-state index contributed by atoms with van der Waals surface area (Å²) in [7, 11) is 0. The van der Waals surface area contributed by atoms with Crippen molar-refractivity contribution >= 4 is 11.8 Å². The fourth-order valence-electron chi connectivity index (χ4n) is 0.766. The second-order valence-corrected chi connectivity index (χ2v) is 3.52. The normalized spacial score (nSPS) is 14.5. The minimum absolute atomic E-state index is 0.137. The maximum atomic E-state index is 11.1. The van der Waals surface area contributed by atoms with Crippen LogP contribution in [0.15, 0.2) is 12.2 Å². The number of amides is 2. The molecule has 0 bridgehead atoms. The van der Waals surface area contributed by atoms with E-state index in [0.717, 1.165) is 12.2 Å². The number of rotatable bonds is 6. The number of carbonyl (C=O) groups excluding carboxylic acids is 2. The van der Waals surface area contributed by atoms with Crippen LogP contribution in [-0.2, 0) is 9.59 Å². The summed E-state index contributed by atoms with van der Waals surface area (Å²) >= 11 is 0. The van der Waals surface area contributed by atoms with Crippen molar-refractivity contribution in [3.05, 3.63) is 12.2 Å². The molecule has 0 aliphatic rings. The molecule has 0 aromatic carbocycles. The van der Waals surface area contributed by atoms with Crippen molar-refractivity contribution in [2.75, 3.05) is 13.1 Å². The monoisotopic (exact) mass is 230 g/mol. The van der Waals surface area contributed by atoms with Gasteiger partial charge in [0.05, 0.1) is 12.2 Å². The summed E-state index contributed by atoms with van der Waals surface area (Å²) in [5.41, 5.74) is 0. The van der Waals surface area contributed by atoms with E-state index >= 15 is 0 Å².